The highest BCUT2D eigenvalue weighted by Gasteiger charge is 2.54. The van der Waals surface area contributed by atoms with Crippen molar-refractivity contribution in [1.29, 1.82) is 0 Å². The molecule has 1 spiro atoms. The van der Waals surface area contributed by atoms with Crippen molar-refractivity contribution in [2.75, 3.05) is 13.1 Å². The standard InChI is InChI=1S/C35H36N4O12/c1-17(40)30(38-18(2)41)33(48)39-26(32(47)37-16-29(44)45)5-3-4-12-36-31(46)19-6-9-22-25(13-19)35(51-34(22)49)23-10-7-20(42)14-27(23)50-28-15-21(43)8-11-24(28)35/h6-11,13-15,17,26,30,40,42-43H,3-5,12,16H2,1-2H3,(H,36,46)(H,37,47)(H,38,41)(H,39,48)(H,44,45)/t17-,26+,30?/m1/s1. The molecule has 2 heterocycles. The maximum atomic E-state index is 13.3. The van der Waals surface area contributed by atoms with Crippen LogP contribution < -0.4 is 26.0 Å². The fourth-order valence-electron chi connectivity index (χ4n) is 6.06. The first-order chi connectivity index (χ1) is 24.2. The largest absolute Gasteiger partial charge is 0.508 e. The molecular weight excluding hydrogens is 668 g/mol. The summed E-state index contributed by atoms with van der Waals surface area (Å²) >= 11 is 0. The topological polar surface area (TPSA) is 250 Å². The SMILES string of the molecule is CC(=O)NC(C(=O)N[C@@H](CCCCNC(=O)c1ccc2c(c1)C1(OC2=O)c2ccc(O)cc2Oc2cc(O)ccc21)C(=O)NCC(=O)O)[C@@H](C)O. The quantitative estimate of drug-likeness (QED) is 0.0922. The number of carboxylic acid groups (broad SMARTS) is 1. The molecule has 0 bridgehead atoms. The fraction of sp³-hybridized carbons (Fsp3) is 0.314. The van der Waals surface area contributed by atoms with Gasteiger partial charge in [-0.25, -0.2) is 4.79 Å². The third-order valence-electron chi connectivity index (χ3n) is 8.41. The molecule has 1 unspecified atom stereocenters. The number of aliphatic hydroxyl groups excluding tert-OH is 1. The highest BCUT2D eigenvalue weighted by atomic mass is 16.6. The van der Waals surface area contributed by atoms with Crippen LogP contribution in [0.3, 0.4) is 0 Å². The van der Waals surface area contributed by atoms with Gasteiger partial charge in [0.2, 0.25) is 17.7 Å². The summed E-state index contributed by atoms with van der Waals surface area (Å²) in [6, 6.07) is 10.6. The van der Waals surface area contributed by atoms with Gasteiger partial charge in [-0.05, 0) is 68.7 Å². The van der Waals surface area contributed by atoms with E-state index in [1.165, 1.54) is 49.4 Å². The summed E-state index contributed by atoms with van der Waals surface area (Å²) < 4.78 is 12.0. The molecule has 16 heteroatoms. The highest BCUT2D eigenvalue weighted by Crippen LogP contribution is 2.57. The zero-order chi connectivity index (χ0) is 37.0. The number of carbonyl (C=O) groups excluding carboxylic acids is 5. The van der Waals surface area contributed by atoms with E-state index >= 15 is 0 Å². The number of unbranched alkanes of at least 4 members (excludes halogenated alkanes) is 1. The molecule has 51 heavy (non-hydrogen) atoms. The molecular formula is C35H36N4O12. The van der Waals surface area contributed by atoms with E-state index < -0.39 is 65.9 Å². The Labute approximate surface area is 290 Å². The molecule has 3 aromatic carbocycles. The number of hydrogen-bond donors (Lipinski definition) is 8. The van der Waals surface area contributed by atoms with E-state index in [2.05, 4.69) is 21.3 Å². The van der Waals surface area contributed by atoms with E-state index in [-0.39, 0.29) is 53.5 Å². The van der Waals surface area contributed by atoms with Gasteiger partial charge < -0.3 is 51.2 Å². The lowest BCUT2D eigenvalue weighted by atomic mass is 9.77. The summed E-state index contributed by atoms with van der Waals surface area (Å²) in [4.78, 5) is 74.5. The van der Waals surface area contributed by atoms with Crippen molar-refractivity contribution in [3.05, 3.63) is 82.4 Å². The average molecular weight is 705 g/mol. The number of fused-ring (bicyclic) bond motifs is 6. The molecule has 16 nitrogen and oxygen atoms in total. The number of phenolic OH excluding ortho intramolecular Hbond substituents is 2. The predicted octanol–water partition coefficient (Wildman–Crippen LogP) is 1.14. The van der Waals surface area contributed by atoms with Gasteiger partial charge in [0.05, 0.1) is 11.7 Å². The number of aliphatic hydroxyl groups is 1. The lowest BCUT2D eigenvalue weighted by molar-refractivity contribution is -0.138. The third-order valence-corrected chi connectivity index (χ3v) is 8.41. The van der Waals surface area contributed by atoms with Crippen LogP contribution in [0.5, 0.6) is 23.0 Å². The normalized spacial score (nSPS) is 15.1. The number of carbonyl (C=O) groups is 6. The minimum absolute atomic E-state index is 0.0342. The van der Waals surface area contributed by atoms with Crippen LogP contribution in [0.4, 0.5) is 0 Å². The first-order valence-electron chi connectivity index (χ1n) is 16.0. The van der Waals surface area contributed by atoms with Gasteiger partial charge in [-0.2, -0.15) is 0 Å². The van der Waals surface area contributed by atoms with Crippen molar-refractivity contribution in [2.45, 2.75) is 56.9 Å². The monoisotopic (exact) mass is 704 g/mol. The number of carboxylic acids is 1. The zero-order valence-electron chi connectivity index (χ0n) is 27.5. The number of phenols is 2. The van der Waals surface area contributed by atoms with Gasteiger partial charge in [0.15, 0.2) is 5.60 Å². The number of hydrogen-bond acceptors (Lipinski definition) is 11. The second-order valence-corrected chi connectivity index (χ2v) is 12.1. The van der Waals surface area contributed by atoms with Crippen molar-refractivity contribution < 1.29 is 58.7 Å². The number of amides is 4. The lowest BCUT2D eigenvalue weighted by Gasteiger charge is -2.36. The Kier molecular flexibility index (Phi) is 10.5. The molecule has 0 fully saturated rings. The molecule has 3 atom stereocenters. The van der Waals surface area contributed by atoms with Crippen molar-refractivity contribution in [3.63, 3.8) is 0 Å². The number of nitrogens with one attached hydrogen (secondary N) is 4. The number of rotatable bonds is 13. The zero-order valence-corrected chi connectivity index (χ0v) is 27.5. The van der Waals surface area contributed by atoms with Gasteiger partial charge in [-0.15, -0.1) is 0 Å². The third kappa shape index (κ3) is 7.55. The Bertz CT molecular complexity index is 1860. The van der Waals surface area contributed by atoms with Crippen LogP contribution in [0.25, 0.3) is 0 Å². The predicted molar refractivity (Wildman–Crippen MR) is 176 cm³/mol. The number of esters is 1. The molecule has 2 aliphatic heterocycles. The Morgan fingerprint density at radius 1 is 0.824 bits per heavy atom. The van der Waals surface area contributed by atoms with Gasteiger partial charge >= 0.3 is 11.9 Å². The average Bonchev–Trinajstić information content (AvgIpc) is 3.36. The smallest absolute Gasteiger partial charge is 0.340 e. The van der Waals surface area contributed by atoms with Crippen LogP contribution >= 0.6 is 0 Å². The van der Waals surface area contributed by atoms with Crippen LogP contribution in [0.1, 0.15) is 70.5 Å². The highest BCUT2D eigenvalue weighted by molar-refractivity contribution is 6.00. The molecule has 0 radical (unpaired) electrons. The first-order valence-corrected chi connectivity index (χ1v) is 16.0. The van der Waals surface area contributed by atoms with Crippen molar-refractivity contribution in [1.82, 2.24) is 21.3 Å². The summed E-state index contributed by atoms with van der Waals surface area (Å²) in [5, 5.41) is 48.9. The van der Waals surface area contributed by atoms with Crippen LogP contribution in [0.2, 0.25) is 0 Å². The second kappa shape index (κ2) is 14.8. The number of benzene rings is 3. The maximum Gasteiger partial charge on any atom is 0.340 e. The van der Waals surface area contributed by atoms with Crippen molar-refractivity contribution in [2.24, 2.45) is 0 Å². The maximum absolute atomic E-state index is 13.3. The van der Waals surface area contributed by atoms with E-state index in [1.54, 1.807) is 12.1 Å². The molecule has 0 saturated carbocycles. The Balaban J connectivity index is 1.29. The van der Waals surface area contributed by atoms with Gasteiger partial charge in [0.1, 0.15) is 41.6 Å². The molecule has 0 saturated heterocycles. The summed E-state index contributed by atoms with van der Waals surface area (Å²) in [6.07, 6.45) is -0.638. The molecule has 2 aliphatic rings. The minimum atomic E-state index is -1.56. The van der Waals surface area contributed by atoms with Gasteiger partial charge in [0, 0.05) is 47.9 Å². The van der Waals surface area contributed by atoms with Gasteiger partial charge in [-0.1, -0.05) is 0 Å². The molecule has 0 aromatic heterocycles. The molecule has 268 valence electrons. The number of aromatic hydroxyl groups is 2. The minimum Gasteiger partial charge on any atom is -0.508 e. The van der Waals surface area contributed by atoms with E-state index in [9.17, 15) is 44.1 Å². The van der Waals surface area contributed by atoms with Gasteiger partial charge in [-0.3, -0.25) is 24.0 Å². The molecule has 5 rings (SSSR count). The summed E-state index contributed by atoms with van der Waals surface area (Å²) in [5.74, 6) is -4.48. The molecule has 0 aliphatic carbocycles. The molecule has 4 amide bonds. The van der Waals surface area contributed by atoms with E-state index in [4.69, 9.17) is 14.6 Å². The number of ether oxygens (including phenoxy) is 2. The van der Waals surface area contributed by atoms with Crippen LogP contribution in [0.15, 0.2) is 54.6 Å². The van der Waals surface area contributed by atoms with Crippen molar-refractivity contribution >= 4 is 35.6 Å². The Morgan fingerprint density at radius 3 is 2.06 bits per heavy atom. The van der Waals surface area contributed by atoms with E-state index in [0.717, 1.165) is 6.92 Å². The number of aliphatic carboxylic acids is 1. The Morgan fingerprint density at radius 2 is 1.47 bits per heavy atom. The van der Waals surface area contributed by atoms with Crippen LogP contribution in [-0.4, -0.2) is 87.3 Å². The molecule has 8 N–H and O–H groups in total. The second-order valence-electron chi connectivity index (χ2n) is 12.1. The summed E-state index contributed by atoms with van der Waals surface area (Å²) in [7, 11) is 0. The van der Waals surface area contributed by atoms with Crippen LogP contribution in [0, 0.1) is 0 Å². The fourth-order valence-corrected chi connectivity index (χ4v) is 6.06. The summed E-state index contributed by atoms with van der Waals surface area (Å²) in [6.45, 7) is 1.88. The van der Waals surface area contributed by atoms with E-state index in [0.29, 0.717) is 23.1 Å². The van der Waals surface area contributed by atoms with Gasteiger partial charge in [0.25, 0.3) is 5.91 Å². The molecule has 3 aromatic rings. The summed E-state index contributed by atoms with van der Waals surface area (Å²) in [5.41, 5.74) is -0.0115. The van der Waals surface area contributed by atoms with Crippen molar-refractivity contribution in [3.8, 4) is 23.0 Å². The first kappa shape index (κ1) is 36.1. The lowest BCUT2D eigenvalue weighted by Crippen LogP contribution is -2.57. The van der Waals surface area contributed by atoms with E-state index in [1.807, 2.05) is 0 Å². The van der Waals surface area contributed by atoms with Crippen LogP contribution in [-0.2, 0) is 29.5 Å². The Hall–Kier alpha value is -6.16.